The molecule has 1 heterocycles. The molecule has 2 aromatic carbocycles. The van der Waals surface area contributed by atoms with E-state index in [1.807, 2.05) is 48.5 Å². The van der Waals surface area contributed by atoms with Crippen LogP contribution < -0.4 is 10.6 Å². The summed E-state index contributed by atoms with van der Waals surface area (Å²) in [6.45, 7) is 1.08. The van der Waals surface area contributed by atoms with Gasteiger partial charge in [-0.05, 0) is 40.5 Å². The predicted octanol–water partition coefficient (Wildman–Crippen LogP) is 1.99. The third kappa shape index (κ3) is 3.56. The van der Waals surface area contributed by atoms with Crippen molar-refractivity contribution in [2.24, 2.45) is 5.92 Å². The molecule has 1 aliphatic rings. The summed E-state index contributed by atoms with van der Waals surface area (Å²) >= 11 is 0. The fourth-order valence-electron chi connectivity index (χ4n) is 3.08. The molecule has 0 saturated heterocycles. The SMILES string of the molecule is O=C(NCCNc1nnnn1-c1ccccc1)[C@@H]1C[C@H]1c1ccccc1. The van der Waals surface area contributed by atoms with Gasteiger partial charge in [0.15, 0.2) is 0 Å². The lowest BCUT2D eigenvalue weighted by molar-refractivity contribution is -0.122. The summed E-state index contributed by atoms with van der Waals surface area (Å²) in [4.78, 5) is 12.3. The molecular weight excluding hydrogens is 328 g/mol. The second kappa shape index (κ2) is 7.35. The molecule has 0 spiro atoms. The number of amides is 1. The lowest BCUT2D eigenvalue weighted by Gasteiger charge is -2.08. The van der Waals surface area contributed by atoms with Gasteiger partial charge < -0.3 is 10.6 Å². The second-order valence-corrected chi connectivity index (χ2v) is 6.33. The van der Waals surface area contributed by atoms with Gasteiger partial charge in [0.2, 0.25) is 11.9 Å². The Morgan fingerprint density at radius 3 is 2.54 bits per heavy atom. The number of nitrogens with zero attached hydrogens (tertiary/aromatic N) is 4. The normalized spacial score (nSPS) is 18.3. The smallest absolute Gasteiger partial charge is 0.247 e. The standard InChI is InChI=1S/C19H20N6O/c26-18(17-13-16(17)14-7-3-1-4-8-14)20-11-12-21-19-22-23-24-25(19)15-9-5-2-6-10-15/h1-10,16-17H,11-13H2,(H,20,26)(H,21,22,24)/t16-,17+/m0/s1. The number of benzene rings is 2. The van der Waals surface area contributed by atoms with E-state index in [-0.39, 0.29) is 11.8 Å². The van der Waals surface area contributed by atoms with Crippen LogP contribution in [0.2, 0.25) is 0 Å². The summed E-state index contributed by atoms with van der Waals surface area (Å²) in [7, 11) is 0. The van der Waals surface area contributed by atoms with Crippen molar-refractivity contribution in [2.45, 2.75) is 12.3 Å². The van der Waals surface area contributed by atoms with Crippen molar-refractivity contribution in [3.8, 4) is 5.69 Å². The number of rotatable bonds is 7. The number of hydrogen-bond donors (Lipinski definition) is 2. The largest absolute Gasteiger partial charge is 0.354 e. The highest BCUT2D eigenvalue weighted by molar-refractivity contribution is 5.82. The van der Waals surface area contributed by atoms with Crippen LogP contribution in [0.15, 0.2) is 60.7 Å². The zero-order valence-electron chi connectivity index (χ0n) is 14.2. The fraction of sp³-hybridized carbons (Fsp3) is 0.263. The average molecular weight is 348 g/mol. The minimum Gasteiger partial charge on any atom is -0.354 e. The molecule has 0 unspecified atom stereocenters. The van der Waals surface area contributed by atoms with Crippen molar-refractivity contribution < 1.29 is 4.79 Å². The Morgan fingerprint density at radius 2 is 1.77 bits per heavy atom. The van der Waals surface area contributed by atoms with E-state index in [1.165, 1.54) is 5.56 Å². The highest BCUT2D eigenvalue weighted by atomic mass is 16.2. The first kappa shape index (κ1) is 16.3. The number of aromatic nitrogens is 4. The van der Waals surface area contributed by atoms with Crippen LogP contribution in [0.5, 0.6) is 0 Å². The topological polar surface area (TPSA) is 84.7 Å². The molecule has 26 heavy (non-hydrogen) atoms. The van der Waals surface area contributed by atoms with E-state index in [4.69, 9.17) is 0 Å². The van der Waals surface area contributed by atoms with Crippen LogP contribution in [-0.2, 0) is 4.79 Å². The number of nitrogens with one attached hydrogen (secondary N) is 2. The van der Waals surface area contributed by atoms with Crippen LogP contribution in [0.4, 0.5) is 5.95 Å². The van der Waals surface area contributed by atoms with Crippen molar-refractivity contribution in [2.75, 3.05) is 18.4 Å². The van der Waals surface area contributed by atoms with Crippen LogP contribution in [0.1, 0.15) is 17.9 Å². The molecule has 0 radical (unpaired) electrons. The minimum atomic E-state index is 0.0899. The van der Waals surface area contributed by atoms with Gasteiger partial charge in [-0.3, -0.25) is 4.79 Å². The Morgan fingerprint density at radius 1 is 1.04 bits per heavy atom. The molecular formula is C19H20N6O. The number of carbonyl (C=O) groups is 1. The molecule has 0 bridgehead atoms. The highest BCUT2D eigenvalue weighted by Crippen LogP contribution is 2.47. The third-order valence-electron chi connectivity index (χ3n) is 4.53. The van der Waals surface area contributed by atoms with Gasteiger partial charge in [0, 0.05) is 19.0 Å². The van der Waals surface area contributed by atoms with Crippen LogP contribution in [0.25, 0.3) is 5.69 Å². The van der Waals surface area contributed by atoms with Gasteiger partial charge in [-0.2, -0.15) is 4.68 Å². The molecule has 4 rings (SSSR count). The summed E-state index contributed by atoms with van der Waals surface area (Å²) in [5.74, 6) is 1.11. The zero-order valence-corrected chi connectivity index (χ0v) is 14.2. The Bertz CT molecular complexity index is 864. The number of hydrogen-bond acceptors (Lipinski definition) is 5. The Hall–Kier alpha value is -3.22. The Balaban J connectivity index is 1.24. The summed E-state index contributed by atoms with van der Waals surface area (Å²) in [6, 6.07) is 19.9. The van der Waals surface area contributed by atoms with Crippen molar-refractivity contribution in [1.29, 1.82) is 0 Å². The number of tetrazole rings is 1. The summed E-state index contributed by atoms with van der Waals surface area (Å²) in [5.41, 5.74) is 2.13. The van der Waals surface area contributed by atoms with E-state index in [9.17, 15) is 4.79 Å². The number of anilines is 1. The number of para-hydroxylation sites is 1. The quantitative estimate of drug-likeness (QED) is 0.638. The van der Waals surface area contributed by atoms with Crippen LogP contribution >= 0.6 is 0 Å². The molecule has 1 amide bonds. The molecule has 7 nitrogen and oxygen atoms in total. The molecule has 1 aromatic heterocycles. The van der Waals surface area contributed by atoms with E-state index >= 15 is 0 Å². The van der Waals surface area contributed by atoms with E-state index in [2.05, 4.69) is 38.3 Å². The van der Waals surface area contributed by atoms with Crippen LogP contribution in [0, 0.1) is 5.92 Å². The lowest BCUT2D eigenvalue weighted by Crippen LogP contribution is -2.30. The van der Waals surface area contributed by atoms with Crippen molar-refractivity contribution in [1.82, 2.24) is 25.5 Å². The molecule has 1 aliphatic carbocycles. The van der Waals surface area contributed by atoms with E-state index in [0.717, 1.165) is 12.1 Å². The predicted molar refractivity (Wildman–Crippen MR) is 97.9 cm³/mol. The highest BCUT2D eigenvalue weighted by Gasteiger charge is 2.43. The maximum absolute atomic E-state index is 12.3. The maximum Gasteiger partial charge on any atom is 0.247 e. The minimum absolute atomic E-state index is 0.0899. The maximum atomic E-state index is 12.3. The van der Waals surface area contributed by atoms with Gasteiger partial charge >= 0.3 is 0 Å². The lowest BCUT2D eigenvalue weighted by atomic mass is 10.1. The van der Waals surface area contributed by atoms with Crippen LogP contribution in [0.3, 0.4) is 0 Å². The van der Waals surface area contributed by atoms with E-state index < -0.39 is 0 Å². The monoisotopic (exact) mass is 348 g/mol. The van der Waals surface area contributed by atoms with Crippen molar-refractivity contribution >= 4 is 11.9 Å². The van der Waals surface area contributed by atoms with Gasteiger partial charge in [-0.25, -0.2) is 0 Å². The van der Waals surface area contributed by atoms with Crippen molar-refractivity contribution in [3.63, 3.8) is 0 Å². The van der Waals surface area contributed by atoms with Gasteiger partial charge in [-0.1, -0.05) is 53.6 Å². The summed E-state index contributed by atoms with van der Waals surface area (Å²) in [5, 5.41) is 17.8. The van der Waals surface area contributed by atoms with Gasteiger partial charge in [0.25, 0.3) is 0 Å². The molecule has 2 N–H and O–H groups in total. The molecule has 2 atom stereocenters. The van der Waals surface area contributed by atoms with Crippen LogP contribution in [-0.4, -0.2) is 39.2 Å². The van der Waals surface area contributed by atoms with Gasteiger partial charge in [0.1, 0.15) is 0 Å². The zero-order chi connectivity index (χ0) is 17.8. The molecule has 3 aromatic rings. The van der Waals surface area contributed by atoms with Crippen molar-refractivity contribution in [3.05, 3.63) is 66.2 Å². The first-order valence-electron chi connectivity index (χ1n) is 8.73. The molecule has 0 aliphatic heterocycles. The van der Waals surface area contributed by atoms with Gasteiger partial charge in [0.05, 0.1) is 5.69 Å². The third-order valence-corrected chi connectivity index (χ3v) is 4.53. The Kier molecular flexibility index (Phi) is 4.59. The molecule has 7 heteroatoms. The summed E-state index contributed by atoms with van der Waals surface area (Å²) in [6.07, 6.45) is 0.926. The van der Waals surface area contributed by atoms with E-state index in [0.29, 0.717) is 25.0 Å². The Labute approximate surface area is 151 Å². The average Bonchev–Trinajstić information content (AvgIpc) is 3.37. The van der Waals surface area contributed by atoms with Gasteiger partial charge in [-0.15, -0.1) is 0 Å². The number of carbonyl (C=O) groups excluding carboxylic acids is 1. The molecule has 1 fully saturated rings. The molecule has 1 saturated carbocycles. The molecule has 132 valence electrons. The fourth-order valence-corrected chi connectivity index (χ4v) is 3.08. The van der Waals surface area contributed by atoms with E-state index in [1.54, 1.807) is 4.68 Å². The summed E-state index contributed by atoms with van der Waals surface area (Å²) < 4.78 is 1.63. The first-order chi connectivity index (χ1) is 12.8. The first-order valence-corrected chi connectivity index (χ1v) is 8.73. The second-order valence-electron chi connectivity index (χ2n) is 6.33.